The van der Waals surface area contributed by atoms with E-state index in [0.29, 0.717) is 24.4 Å². The van der Waals surface area contributed by atoms with Gasteiger partial charge in [-0.3, -0.25) is 0 Å². The van der Waals surface area contributed by atoms with Crippen LogP contribution in [-0.4, -0.2) is 39.0 Å². The van der Waals surface area contributed by atoms with Gasteiger partial charge in [0.1, 0.15) is 0 Å². The van der Waals surface area contributed by atoms with Crippen molar-refractivity contribution in [3.05, 3.63) is 29.8 Å². The molecule has 5 nitrogen and oxygen atoms in total. The summed E-state index contributed by atoms with van der Waals surface area (Å²) in [6, 6.07) is 6.83. The van der Waals surface area contributed by atoms with Gasteiger partial charge in [0.15, 0.2) is 0 Å². The third-order valence-corrected chi connectivity index (χ3v) is 4.97. The highest BCUT2D eigenvalue weighted by Crippen LogP contribution is 2.18. The van der Waals surface area contributed by atoms with Crippen molar-refractivity contribution in [3.63, 3.8) is 0 Å². The summed E-state index contributed by atoms with van der Waals surface area (Å²) in [5.74, 6) is -0.0818. The average Bonchev–Trinajstić information content (AvgIpc) is 2.32. The molecule has 19 heavy (non-hydrogen) atoms. The lowest BCUT2D eigenvalue weighted by atomic mass is 10.2. The lowest BCUT2D eigenvalue weighted by Gasteiger charge is -2.26. The van der Waals surface area contributed by atoms with E-state index in [4.69, 9.17) is 10.5 Å². The quantitative estimate of drug-likeness (QED) is 0.770. The van der Waals surface area contributed by atoms with E-state index in [1.165, 1.54) is 4.31 Å². The van der Waals surface area contributed by atoms with Crippen LogP contribution in [0.1, 0.15) is 19.4 Å². The van der Waals surface area contributed by atoms with Gasteiger partial charge in [0.2, 0.25) is 10.0 Å². The smallest absolute Gasteiger partial charge is 0.218 e. The molecular formula is C13H22N2O3S. The molecule has 0 bridgehead atoms. The Labute approximate surface area is 115 Å². The summed E-state index contributed by atoms with van der Waals surface area (Å²) in [6.45, 7) is 4.44. The zero-order valence-electron chi connectivity index (χ0n) is 11.7. The predicted octanol–water partition coefficient (Wildman–Crippen LogP) is 1.46. The number of para-hydroxylation sites is 1. The van der Waals surface area contributed by atoms with E-state index in [-0.39, 0.29) is 11.8 Å². The molecule has 0 spiro atoms. The molecule has 0 saturated heterocycles. The highest BCUT2D eigenvalue weighted by Gasteiger charge is 2.26. The van der Waals surface area contributed by atoms with Gasteiger partial charge in [-0.15, -0.1) is 0 Å². The van der Waals surface area contributed by atoms with Crippen LogP contribution in [0.4, 0.5) is 5.69 Å². The van der Waals surface area contributed by atoms with E-state index in [1.807, 2.05) is 13.8 Å². The number of nitrogens with two attached hydrogens (primary N) is 1. The lowest BCUT2D eigenvalue weighted by molar-refractivity contribution is 0.142. The summed E-state index contributed by atoms with van der Waals surface area (Å²) in [4.78, 5) is 0. The number of benzene rings is 1. The molecule has 1 aromatic carbocycles. The summed E-state index contributed by atoms with van der Waals surface area (Å²) in [6.07, 6.45) is 0. The van der Waals surface area contributed by atoms with Gasteiger partial charge < -0.3 is 10.5 Å². The number of hydrogen-bond donors (Lipinski definition) is 1. The second-order valence-electron chi connectivity index (χ2n) is 4.46. The number of nitrogens with zero attached hydrogens (tertiary/aromatic N) is 1. The van der Waals surface area contributed by atoms with Crippen molar-refractivity contribution in [1.82, 2.24) is 4.31 Å². The second-order valence-corrected chi connectivity index (χ2v) is 6.38. The van der Waals surface area contributed by atoms with Gasteiger partial charge in [0.05, 0.1) is 12.4 Å². The molecule has 0 heterocycles. The number of rotatable bonds is 7. The Morgan fingerprint density at radius 1 is 1.37 bits per heavy atom. The fourth-order valence-corrected chi connectivity index (χ4v) is 3.88. The summed E-state index contributed by atoms with van der Waals surface area (Å²) >= 11 is 0. The highest BCUT2D eigenvalue weighted by atomic mass is 32.2. The number of methoxy groups -OCH3 is 1. The maximum Gasteiger partial charge on any atom is 0.218 e. The summed E-state index contributed by atoms with van der Waals surface area (Å²) in [5.41, 5.74) is 6.93. The lowest BCUT2D eigenvalue weighted by Crippen LogP contribution is -2.41. The number of sulfonamides is 1. The van der Waals surface area contributed by atoms with Crippen molar-refractivity contribution >= 4 is 15.7 Å². The topological polar surface area (TPSA) is 72.6 Å². The molecule has 0 amide bonds. The first-order chi connectivity index (χ1) is 8.92. The number of nitrogen functional groups attached to an aromatic ring is 1. The Bertz CT molecular complexity index is 502. The fourth-order valence-electron chi connectivity index (χ4n) is 2.05. The van der Waals surface area contributed by atoms with Crippen molar-refractivity contribution < 1.29 is 13.2 Å². The molecule has 2 N–H and O–H groups in total. The van der Waals surface area contributed by atoms with Crippen LogP contribution < -0.4 is 5.73 Å². The summed E-state index contributed by atoms with van der Waals surface area (Å²) in [5, 5.41) is 0. The molecule has 1 rings (SSSR count). The van der Waals surface area contributed by atoms with Gasteiger partial charge in [0.25, 0.3) is 0 Å². The van der Waals surface area contributed by atoms with Crippen molar-refractivity contribution in [2.24, 2.45) is 0 Å². The summed E-state index contributed by atoms with van der Waals surface area (Å²) < 4.78 is 31.3. The molecule has 6 heteroatoms. The van der Waals surface area contributed by atoms with Crippen LogP contribution in [0.25, 0.3) is 0 Å². The van der Waals surface area contributed by atoms with E-state index in [0.717, 1.165) is 0 Å². The Morgan fingerprint density at radius 3 is 2.53 bits per heavy atom. The summed E-state index contributed by atoms with van der Waals surface area (Å²) in [7, 11) is -1.83. The van der Waals surface area contributed by atoms with Gasteiger partial charge in [0, 0.05) is 25.4 Å². The monoisotopic (exact) mass is 286 g/mol. The van der Waals surface area contributed by atoms with Crippen LogP contribution in [0.2, 0.25) is 0 Å². The second kappa shape index (κ2) is 6.88. The minimum absolute atomic E-state index is 0.0818. The number of ether oxygens (including phenoxy) is 1. The van der Waals surface area contributed by atoms with Gasteiger partial charge in [-0.05, 0) is 18.6 Å². The Morgan fingerprint density at radius 2 is 2.00 bits per heavy atom. The fraction of sp³-hybridized carbons (Fsp3) is 0.538. The molecule has 108 valence electrons. The number of hydrogen-bond acceptors (Lipinski definition) is 4. The number of likely N-dealkylation sites (N-methyl/N-ethyl adjacent to an activating group) is 1. The molecule has 0 aliphatic carbocycles. The molecule has 0 radical (unpaired) electrons. The third kappa shape index (κ3) is 4.19. The van der Waals surface area contributed by atoms with Crippen molar-refractivity contribution in [3.8, 4) is 0 Å². The van der Waals surface area contributed by atoms with E-state index in [1.54, 1.807) is 31.4 Å². The van der Waals surface area contributed by atoms with Gasteiger partial charge in [-0.25, -0.2) is 8.42 Å². The van der Waals surface area contributed by atoms with Crippen molar-refractivity contribution in [2.45, 2.75) is 25.6 Å². The molecule has 1 aromatic rings. The Kier molecular flexibility index (Phi) is 5.78. The van der Waals surface area contributed by atoms with E-state index in [2.05, 4.69) is 0 Å². The van der Waals surface area contributed by atoms with Crippen LogP contribution in [0.3, 0.4) is 0 Å². The molecule has 0 aliphatic rings. The van der Waals surface area contributed by atoms with Crippen LogP contribution in [0, 0.1) is 0 Å². The molecule has 0 saturated carbocycles. The maximum absolute atomic E-state index is 12.4. The van der Waals surface area contributed by atoms with Gasteiger partial charge >= 0.3 is 0 Å². The molecule has 1 atom stereocenters. The highest BCUT2D eigenvalue weighted by molar-refractivity contribution is 7.88. The minimum Gasteiger partial charge on any atom is -0.398 e. The third-order valence-electron chi connectivity index (χ3n) is 2.96. The molecule has 0 aliphatic heterocycles. The standard InChI is InChI=1S/C13H22N2O3S/c1-4-15(11(2)9-18-3)19(16,17)10-12-7-5-6-8-13(12)14/h5-8,11H,4,9-10,14H2,1-3H3. The maximum atomic E-state index is 12.4. The Hall–Kier alpha value is -1.11. The SMILES string of the molecule is CCN(C(C)COC)S(=O)(=O)Cc1ccccc1N. The van der Waals surface area contributed by atoms with Crippen LogP contribution in [-0.2, 0) is 20.5 Å². The first kappa shape index (κ1) is 15.9. The zero-order chi connectivity index (χ0) is 14.5. The first-order valence-electron chi connectivity index (χ1n) is 6.24. The molecular weight excluding hydrogens is 264 g/mol. The number of anilines is 1. The van der Waals surface area contributed by atoms with Gasteiger partial charge in [-0.2, -0.15) is 4.31 Å². The van der Waals surface area contributed by atoms with E-state index in [9.17, 15) is 8.42 Å². The largest absolute Gasteiger partial charge is 0.398 e. The van der Waals surface area contributed by atoms with Crippen LogP contribution in [0.5, 0.6) is 0 Å². The van der Waals surface area contributed by atoms with Crippen LogP contribution >= 0.6 is 0 Å². The molecule has 0 aromatic heterocycles. The van der Waals surface area contributed by atoms with E-state index >= 15 is 0 Å². The first-order valence-corrected chi connectivity index (χ1v) is 7.85. The van der Waals surface area contributed by atoms with Crippen molar-refractivity contribution in [1.29, 1.82) is 0 Å². The van der Waals surface area contributed by atoms with Gasteiger partial charge in [-0.1, -0.05) is 25.1 Å². The molecule has 1 unspecified atom stereocenters. The van der Waals surface area contributed by atoms with E-state index < -0.39 is 10.0 Å². The minimum atomic E-state index is -3.40. The normalized spacial score (nSPS) is 13.7. The van der Waals surface area contributed by atoms with Crippen molar-refractivity contribution in [2.75, 3.05) is 26.0 Å². The predicted molar refractivity (Wildman–Crippen MR) is 77.2 cm³/mol. The Balaban J connectivity index is 2.93. The average molecular weight is 286 g/mol. The molecule has 0 fully saturated rings. The zero-order valence-corrected chi connectivity index (χ0v) is 12.5. The van der Waals surface area contributed by atoms with Crippen LogP contribution in [0.15, 0.2) is 24.3 Å².